The lowest BCUT2D eigenvalue weighted by atomic mass is 9.99. The number of unbranched alkanes of at least 4 members (excludes halogenated alkanes) is 13. The number of aliphatic hydroxyl groups excluding tert-OH is 2. The van der Waals surface area contributed by atoms with Crippen LogP contribution in [0.5, 0.6) is 0 Å². The summed E-state index contributed by atoms with van der Waals surface area (Å²) in [7, 11) is 0. The maximum absolute atomic E-state index is 11.9. The summed E-state index contributed by atoms with van der Waals surface area (Å²) in [5, 5.41) is 19.9. The Labute approximate surface area is 282 Å². The van der Waals surface area contributed by atoms with Crippen molar-refractivity contribution in [3.05, 3.63) is 48.6 Å². The Morgan fingerprint density at radius 2 is 1.20 bits per heavy atom. The summed E-state index contributed by atoms with van der Waals surface area (Å²) in [6.45, 7) is 6.50. The second-order valence-electron chi connectivity index (χ2n) is 12.8. The highest BCUT2D eigenvalue weighted by Crippen LogP contribution is 2.15. The highest BCUT2D eigenvalue weighted by Gasteiger charge is 2.12. The van der Waals surface area contributed by atoms with E-state index < -0.39 is 12.2 Å². The minimum atomic E-state index is -1.00. The fourth-order valence-corrected chi connectivity index (χ4v) is 4.90. The number of carbonyl (C=O) groups is 2. The van der Waals surface area contributed by atoms with E-state index in [9.17, 15) is 19.8 Å². The highest BCUT2D eigenvalue weighted by atomic mass is 16.6. The first kappa shape index (κ1) is 43.8. The molecule has 0 rings (SSSR count). The third-order valence-corrected chi connectivity index (χ3v) is 8.19. The number of esters is 2. The van der Waals surface area contributed by atoms with Gasteiger partial charge in [0, 0.05) is 12.8 Å². The maximum atomic E-state index is 11.9. The molecule has 3 atom stereocenters. The van der Waals surface area contributed by atoms with Crippen LogP contribution in [-0.2, 0) is 19.1 Å². The number of hydrogen-bond donors (Lipinski definition) is 2. The molecule has 0 aromatic rings. The van der Waals surface area contributed by atoms with Gasteiger partial charge in [-0.3, -0.25) is 9.59 Å². The average Bonchev–Trinajstić information content (AvgIpc) is 3.05. The lowest BCUT2D eigenvalue weighted by Crippen LogP contribution is -2.25. The number of hydrogen-bond acceptors (Lipinski definition) is 6. The Bertz CT molecular complexity index is 815. The predicted molar refractivity (Wildman–Crippen MR) is 193 cm³/mol. The Hall–Kier alpha value is -2.18. The van der Waals surface area contributed by atoms with Crippen molar-refractivity contribution >= 4 is 11.9 Å². The molecule has 0 aliphatic rings. The summed E-state index contributed by atoms with van der Waals surface area (Å²) in [4.78, 5) is 23.9. The van der Waals surface area contributed by atoms with Gasteiger partial charge in [0.05, 0.1) is 6.10 Å². The molecule has 0 saturated heterocycles. The first-order chi connectivity index (χ1) is 22.4. The van der Waals surface area contributed by atoms with Gasteiger partial charge in [0.15, 0.2) is 0 Å². The van der Waals surface area contributed by atoms with E-state index >= 15 is 0 Å². The topological polar surface area (TPSA) is 93.1 Å². The lowest BCUT2D eigenvalue weighted by molar-refractivity contribution is -0.152. The molecule has 0 heterocycles. The van der Waals surface area contributed by atoms with Crippen LogP contribution in [0.4, 0.5) is 0 Å². The Morgan fingerprint density at radius 1 is 0.630 bits per heavy atom. The van der Waals surface area contributed by atoms with Crippen LogP contribution in [0.3, 0.4) is 0 Å². The molecule has 6 heteroatoms. The third-order valence-electron chi connectivity index (χ3n) is 8.19. The van der Waals surface area contributed by atoms with E-state index in [0.717, 1.165) is 44.4 Å². The molecule has 0 bridgehead atoms. The summed E-state index contributed by atoms with van der Waals surface area (Å²) >= 11 is 0. The zero-order valence-electron chi connectivity index (χ0n) is 29.8. The number of allylic oxidation sites excluding steroid dienone is 6. The maximum Gasteiger partial charge on any atom is 0.305 e. The van der Waals surface area contributed by atoms with Crippen molar-refractivity contribution in [1.82, 2.24) is 0 Å². The molecule has 0 fully saturated rings. The van der Waals surface area contributed by atoms with E-state index in [2.05, 4.69) is 26.8 Å². The largest absolute Gasteiger partial charge is 0.463 e. The van der Waals surface area contributed by atoms with E-state index in [1.807, 2.05) is 36.5 Å². The molecule has 0 radical (unpaired) electrons. The van der Waals surface area contributed by atoms with Gasteiger partial charge in [-0.25, -0.2) is 0 Å². The molecule has 6 nitrogen and oxygen atoms in total. The second kappa shape index (κ2) is 34.2. The SMILES string of the molecule is CCCCC/C=C\C[C@@H](O)/C=C/C=C\C/C=C\CCCC(=O)OC[C@@H](O)COC(=O)CCCCCCCCCCCCC(C)CC. The van der Waals surface area contributed by atoms with Crippen LogP contribution in [-0.4, -0.2) is 47.6 Å². The van der Waals surface area contributed by atoms with Crippen molar-refractivity contribution in [3.8, 4) is 0 Å². The highest BCUT2D eigenvalue weighted by molar-refractivity contribution is 5.69. The molecule has 0 aliphatic carbocycles. The fourth-order valence-electron chi connectivity index (χ4n) is 4.90. The summed E-state index contributed by atoms with van der Waals surface area (Å²) in [6.07, 6.45) is 37.6. The average molecular weight is 647 g/mol. The molecule has 0 saturated carbocycles. The number of ether oxygens (including phenoxy) is 2. The second-order valence-corrected chi connectivity index (χ2v) is 12.8. The van der Waals surface area contributed by atoms with E-state index in [0.29, 0.717) is 19.3 Å². The molecule has 0 aliphatic heterocycles. The van der Waals surface area contributed by atoms with Crippen LogP contribution in [0.15, 0.2) is 48.6 Å². The van der Waals surface area contributed by atoms with Gasteiger partial charge in [-0.2, -0.15) is 0 Å². The quantitative estimate of drug-likeness (QED) is 0.0327. The zero-order chi connectivity index (χ0) is 33.9. The summed E-state index contributed by atoms with van der Waals surface area (Å²) < 4.78 is 10.3. The summed E-state index contributed by atoms with van der Waals surface area (Å²) in [5.74, 6) is 0.202. The molecule has 2 N–H and O–H groups in total. The standard InChI is InChI=1S/C40H70O6/c1-4-6-7-8-20-25-30-37(41)31-26-21-16-13-14-18-23-28-33-40(44)46-35-38(42)34-45-39(43)32-27-22-17-12-10-9-11-15-19-24-29-36(3)5-2/h14,16,18,20-21,25-26,31,36-38,41-42H,4-13,15,17,19,22-24,27-30,32-35H2,1-3H3/b18-14-,21-16-,25-20-,31-26+/t36?,37-,38+/m1/s1. The normalized spacial score (nSPS) is 14.1. The molecule has 0 aromatic carbocycles. The van der Waals surface area contributed by atoms with Crippen LogP contribution < -0.4 is 0 Å². The van der Waals surface area contributed by atoms with Gasteiger partial charge in [0.1, 0.15) is 19.3 Å². The molecule has 266 valence electrons. The molecule has 0 spiro atoms. The van der Waals surface area contributed by atoms with Gasteiger partial charge < -0.3 is 19.7 Å². The number of carbonyl (C=O) groups excluding carboxylic acids is 2. The van der Waals surface area contributed by atoms with Crippen LogP contribution in [0.25, 0.3) is 0 Å². The Kier molecular flexibility index (Phi) is 32.5. The molecule has 0 amide bonds. The molecule has 0 aromatic heterocycles. The predicted octanol–water partition coefficient (Wildman–Crippen LogP) is 10.3. The van der Waals surface area contributed by atoms with E-state index in [1.165, 1.54) is 77.0 Å². The van der Waals surface area contributed by atoms with Crippen molar-refractivity contribution < 1.29 is 29.3 Å². The van der Waals surface area contributed by atoms with Gasteiger partial charge in [-0.15, -0.1) is 0 Å². The van der Waals surface area contributed by atoms with Gasteiger partial charge in [-0.05, 0) is 50.9 Å². The molecule has 1 unspecified atom stereocenters. The van der Waals surface area contributed by atoms with Gasteiger partial charge in [-0.1, -0.05) is 153 Å². The van der Waals surface area contributed by atoms with E-state index in [-0.39, 0.29) is 31.6 Å². The smallest absolute Gasteiger partial charge is 0.305 e. The van der Waals surface area contributed by atoms with Crippen LogP contribution >= 0.6 is 0 Å². The van der Waals surface area contributed by atoms with Crippen molar-refractivity contribution in [2.24, 2.45) is 5.92 Å². The van der Waals surface area contributed by atoms with Crippen molar-refractivity contribution in [2.45, 2.75) is 174 Å². The third kappa shape index (κ3) is 33.2. The van der Waals surface area contributed by atoms with Crippen molar-refractivity contribution in [3.63, 3.8) is 0 Å². The summed E-state index contributed by atoms with van der Waals surface area (Å²) in [6, 6.07) is 0. The van der Waals surface area contributed by atoms with Crippen LogP contribution in [0.1, 0.15) is 162 Å². The van der Waals surface area contributed by atoms with Crippen molar-refractivity contribution in [2.75, 3.05) is 13.2 Å². The minimum absolute atomic E-state index is 0.149. The van der Waals surface area contributed by atoms with E-state index in [4.69, 9.17) is 9.47 Å². The fraction of sp³-hybridized carbons (Fsp3) is 0.750. The van der Waals surface area contributed by atoms with Gasteiger partial charge in [0.2, 0.25) is 0 Å². The molecular formula is C40H70O6. The molecule has 46 heavy (non-hydrogen) atoms. The Balaban J connectivity index is 3.63. The van der Waals surface area contributed by atoms with Gasteiger partial charge in [0.25, 0.3) is 0 Å². The van der Waals surface area contributed by atoms with Crippen LogP contribution in [0, 0.1) is 5.92 Å². The number of aliphatic hydroxyl groups is 2. The first-order valence-corrected chi connectivity index (χ1v) is 18.7. The van der Waals surface area contributed by atoms with E-state index in [1.54, 1.807) is 6.08 Å². The van der Waals surface area contributed by atoms with Crippen LogP contribution in [0.2, 0.25) is 0 Å². The van der Waals surface area contributed by atoms with Crippen molar-refractivity contribution in [1.29, 1.82) is 0 Å². The minimum Gasteiger partial charge on any atom is -0.463 e. The molecular weight excluding hydrogens is 576 g/mol. The lowest BCUT2D eigenvalue weighted by Gasteiger charge is -2.12. The number of rotatable bonds is 32. The first-order valence-electron chi connectivity index (χ1n) is 18.7. The van der Waals surface area contributed by atoms with Gasteiger partial charge >= 0.3 is 11.9 Å². The zero-order valence-corrected chi connectivity index (χ0v) is 29.8. The monoisotopic (exact) mass is 647 g/mol. The summed E-state index contributed by atoms with van der Waals surface area (Å²) in [5.41, 5.74) is 0. The Morgan fingerprint density at radius 3 is 1.83 bits per heavy atom.